The van der Waals surface area contributed by atoms with Crippen molar-refractivity contribution in [2.45, 2.75) is 19.4 Å². The number of halogens is 2. The van der Waals surface area contributed by atoms with E-state index in [4.69, 9.17) is 37.5 Å². The summed E-state index contributed by atoms with van der Waals surface area (Å²) in [5.74, 6) is 1.21. The van der Waals surface area contributed by atoms with E-state index in [-0.39, 0.29) is 18.2 Å². The zero-order chi connectivity index (χ0) is 20.8. The number of rotatable bonds is 9. The standard InChI is InChI=1S/C21H22Cl2N2O4/c1-24-21(26)19(25-27-2)16-6-4-3-5-14(16)12-28-15-9-17(22)20(18(23)10-15)29-11-13-7-8-13/h3-6,9-10,13H,7-8,11-12H2,1-2H3,(H,24,26)/b25-19+. The highest BCUT2D eigenvalue weighted by molar-refractivity contribution is 6.45. The Labute approximate surface area is 179 Å². The first-order valence-electron chi connectivity index (χ1n) is 9.19. The maximum Gasteiger partial charge on any atom is 0.273 e. The fourth-order valence-corrected chi connectivity index (χ4v) is 3.28. The van der Waals surface area contributed by atoms with Crippen LogP contribution < -0.4 is 14.8 Å². The molecule has 0 heterocycles. The molecule has 0 atom stereocenters. The van der Waals surface area contributed by atoms with Gasteiger partial charge in [0.2, 0.25) is 0 Å². The molecule has 6 nitrogen and oxygen atoms in total. The number of amides is 1. The lowest BCUT2D eigenvalue weighted by molar-refractivity contribution is -0.114. The van der Waals surface area contributed by atoms with Gasteiger partial charge in [-0.1, -0.05) is 52.6 Å². The van der Waals surface area contributed by atoms with Crippen molar-refractivity contribution >= 4 is 34.8 Å². The molecule has 1 aliphatic rings. The van der Waals surface area contributed by atoms with Gasteiger partial charge in [0.25, 0.3) is 5.91 Å². The molecule has 0 aliphatic heterocycles. The highest BCUT2D eigenvalue weighted by Gasteiger charge is 2.23. The van der Waals surface area contributed by atoms with Gasteiger partial charge in [-0.3, -0.25) is 4.79 Å². The van der Waals surface area contributed by atoms with E-state index in [1.165, 1.54) is 27.0 Å². The summed E-state index contributed by atoms with van der Waals surface area (Å²) in [5, 5.41) is 7.20. The number of likely N-dealkylation sites (N-methyl/N-ethyl adjacent to an activating group) is 1. The largest absolute Gasteiger partial charge is 0.490 e. The summed E-state index contributed by atoms with van der Waals surface area (Å²) in [6, 6.07) is 10.6. The maximum atomic E-state index is 12.2. The Hall–Kier alpha value is -2.44. The van der Waals surface area contributed by atoms with Gasteiger partial charge in [-0.15, -0.1) is 0 Å². The van der Waals surface area contributed by atoms with E-state index >= 15 is 0 Å². The lowest BCUT2D eigenvalue weighted by Crippen LogP contribution is -2.29. The average molecular weight is 437 g/mol. The maximum absolute atomic E-state index is 12.2. The molecule has 0 saturated heterocycles. The van der Waals surface area contributed by atoms with Crippen LogP contribution in [-0.2, 0) is 16.2 Å². The van der Waals surface area contributed by atoms with Gasteiger partial charge in [-0.25, -0.2) is 0 Å². The van der Waals surface area contributed by atoms with E-state index in [9.17, 15) is 4.79 Å². The van der Waals surface area contributed by atoms with E-state index in [1.807, 2.05) is 18.2 Å². The van der Waals surface area contributed by atoms with Crippen molar-refractivity contribution in [1.29, 1.82) is 0 Å². The molecule has 0 bridgehead atoms. The normalized spacial score (nSPS) is 13.7. The van der Waals surface area contributed by atoms with Gasteiger partial charge < -0.3 is 19.6 Å². The molecule has 1 saturated carbocycles. The number of hydrogen-bond acceptors (Lipinski definition) is 5. The van der Waals surface area contributed by atoms with E-state index in [1.54, 1.807) is 18.2 Å². The summed E-state index contributed by atoms with van der Waals surface area (Å²) in [5.41, 5.74) is 1.53. The van der Waals surface area contributed by atoms with Crippen molar-refractivity contribution in [1.82, 2.24) is 5.32 Å². The number of hydrogen-bond donors (Lipinski definition) is 1. The zero-order valence-electron chi connectivity index (χ0n) is 16.2. The van der Waals surface area contributed by atoms with Crippen LogP contribution in [0.5, 0.6) is 11.5 Å². The minimum atomic E-state index is -0.359. The Morgan fingerprint density at radius 3 is 2.48 bits per heavy atom. The Bertz CT molecular complexity index is 890. The van der Waals surface area contributed by atoms with Gasteiger partial charge in [0.15, 0.2) is 11.5 Å². The number of carbonyl (C=O) groups is 1. The van der Waals surface area contributed by atoms with Crippen molar-refractivity contribution in [2.75, 3.05) is 20.8 Å². The Kier molecular flexibility index (Phi) is 7.23. The molecule has 0 unspecified atom stereocenters. The minimum absolute atomic E-state index is 0.161. The fourth-order valence-electron chi connectivity index (χ4n) is 2.70. The van der Waals surface area contributed by atoms with E-state index in [0.29, 0.717) is 39.6 Å². The third-order valence-electron chi connectivity index (χ3n) is 4.42. The summed E-state index contributed by atoms with van der Waals surface area (Å²) in [6.45, 7) is 0.805. The number of benzene rings is 2. The van der Waals surface area contributed by atoms with Gasteiger partial charge in [0.1, 0.15) is 19.5 Å². The summed E-state index contributed by atoms with van der Waals surface area (Å²) < 4.78 is 11.6. The van der Waals surface area contributed by atoms with Crippen LogP contribution in [0, 0.1) is 5.92 Å². The van der Waals surface area contributed by atoms with Crippen LogP contribution in [0.3, 0.4) is 0 Å². The first kappa shape index (κ1) is 21.3. The molecule has 3 rings (SSSR count). The second-order valence-corrected chi connectivity index (χ2v) is 7.43. The Balaban J connectivity index is 1.76. The molecule has 29 heavy (non-hydrogen) atoms. The van der Waals surface area contributed by atoms with Crippen molar-refractivity contribution < 1.29 is 19.1 Å². The van der Waals surface area contributed by atoms with E-state index in [2.05, 4.69) is 10.5 Å². The monoisotopic (exact) mass is 436 g/mol. The summed E-state index contributed by atoms with van der Waals surface area (Å²) in [6.07, 6.45) is 2.36. The van der Waals surface area contributed by atoms with Gasteiger partial charge in [0, 0.05) is 24.7 Å². The molecule has 0 aromatic heterocycles. The average Bonchev–Trinajstić information content (AvgIpc) is 3.54. The number of carbonyl (C=O) groups excluding carboxylic acids is 1. The molecule has 154 valence electrons. The number of nitrogens with one attached hydrogen (secondary N) is 1. The second-order valence-electron chi connectivity index (χ2n) is 6.62. The van der Waals surface area contributed by atoms with Crippen molar-refractivity contribution in [3.05, 3.63) is 57.6 Å². The quantitative estimate of drug-likeness (QED) is 0.465. The van der Waals surface area contributed by atoms with Crippen LogP contribution in [-0.4, -0.2) is 32.4 Å². The van der Waals surface area contributed by atoms with Crippen molar-refractivity contribution in [2.24, 2.45) is 11.1 Å². The fraction of sp³-hybridized carbons (Fsp3) is 0.333. The predicted octanol–water partition coefficient (Wildman–Crippen LogP) is 4.46. The van der Waals surface area contributed by atoms with Gasteiger partial charge >= 0.3 is 0 Å². The molecule has 1 fully saturated rings. The molecule has 0 radical (unpaired) electrons. The summed E-state index contributed by atoms with van der Waals surface area (Å²) >= 11 is 12.7. The van der Waals surface area contributed by atoms with E-state index in [0.717, 1.165) is 5.56 Å². The molecular formula is C21H22Cl2N2O4. The van der Waals surface area contributed by atoms with Crippen LogP contribution in [0.25, 0.3) is 0 Å². The SMILES string of the molecule is CNC(=O)/C(=N/OC)c1ccccc1COc1cc(Cl)c(OCC2CC2)c(Cl)c1. The lowest BCUT2D eigenvalue weighted by atomic mass is 10.0. The molecule has 1 amide bonds. The highest BCUT2D eigenvalue weighted by atomic mass is 35.5. The first-order valence-corrected chi connectivity index (χ1v) is 9.95. The number of oxime groups is 1. The number of ether oxygens (including phenoxy) is 2. The molecule has 1 N–H and O–H groups in total. The zero-order valence-corrected chi connectivity index (χ0v) is 17.7. The van der Waals surface area contributed by atoms with Crippen LogP contribution in [0.4, 0.5) is 0 Å². The smallest absolute Gasteiger partial charge is 0.273 e. The van der Waals surface area contributed by atoms with Crippen LogP contribution in [0.15, 0.2) is 41.6 Å². The number of nitrogens with zero attached hydrogens (tertiary/aromatic N) is 1. The molecule has 8 heteroatoms. The molecular weight excluding hydrogens is 415 g/mol. The van der Waals surface area contributed by atoms with Crippen molar-refractivity contribution in [3.63, 3.8) is 0 Å². The molecule has 2 aromatic rings. The Morgan fingerprint density at radius 2 is 1.86 bits per heavy atom. The highest BCUT2D eigenvalue weighted by Crippen LogP contribution is 2.39. The lowest BCUT2D eigenvalue weighted by Gasteiger charge is -2.14. The second kappa shape index (κ2) is 9.85. The molecule has 2 aromatic carbocycles. The van der Waals surface area contributed by atoms with E-state index < -0.39 is 0 Å². The molecule has 0 spiro atoms. The topological polar surface area (TPSA) is 69.2 Å². The van der Waals surface area contributed by atoms with Crippen molar-refractivity contribution in [3.8, 4) is 11.5 Å². The summed E-state index contributed by atoms with van der Waals surface area (Å²) in [4.78, 5) is 17.0. The molecule has 1 aliphatic carbocycles. The minimum Gasteiger partial charge on any atom is -0.490 e. The van der Waals surface area contributed by atoms with Gasteiger partial charge in [0.05, 0.1) is 16.7 Å². The summed E-state index contributed by atoms with van der Waals surface area (Å²) in [7, 11) is 2.92. The van der Waals surface area contributed by atoms with Crippen LogP contribution in [0.1, 0.15) is 24.0 Å². The predicted molar refractivity (Wildman–Crippen MR) is 113 cm³/mol. The third-order valence-corrected chi connectivity index (χ3v) is 4.99. The van der Waals surface area contributed by atoms with Crippen LogP contribution >= 0.6 is 23.2 Å². The van der Waals surface area contributed by atoms with Crippen LogP contribution in [0.2, 0.25) is 10.0 Å². The Morgan fingerprint density at radius 1 is 1.17 bits per heavy atom. The first-order chi connectivity index (χ1) is 14.0. The van der Waals surface area contributed by atoms with Gasteiger partial charge in [-0.05, 0) is 24.3 Å². The third kappa shape index (κ3) is 5.55. The van der Waals surface area contributed by atoms with Gasteiger partial charge in [-0.2, -0.15) is 0 Å².